The first-order chi connectivity index (χ1) is 14.8. The van der Waals surface area contributed by atoms with Crippen LogP contribution in [-0.2, 0) is 6.61 Å². The Kier molecular flexibility index (Phi) is 5.04. The summed E-state index contributed by atoms with van der Waals surface area (Å²) in [5, 5.41) is 9.18. The molecule has 0 saturated heterocycles. The van der Waals surface area contributed by atoms with Gasteiger partial charge >= 0.3 is 11.4 Å². The second-order valence-electron chi connectivity index (χ2n) is 6.74. The van der Waals surface area contributed by atoms with Gasteiger partial charge in [0.15, 0.2) is 0 Å². The van der Waals surface area contributed by atoms with Gasteiger partial charge in [-0.05, 0) is 36.8 Å². The monoisotopic (exact) mass is 423 g/mol. The summed E-state index contributed by atoms with van der Waals surface area (Å²) in [5.74, 6) is -0.189. The molecule has 4 aromatic rings. The van der Waals surface area contributed by atoms with Crippen molar-refractivity contribution in [2.75, 3.05) is 0 Å². The maximum Gasteiger partial charge on any atom is 0.333 e. The fraction of sp³-hybridized carbons (Fsp3) is 0.0952. The van der Waals surface area contributed by atoms with Gasteiger partial charge in [-0.1, -0.05) is 6.07 Å². The lowest BCUT2D eigenvalue weighted by Gasteiger charge is -2.12. The summed E-state index contributed by atoms with van der Waals surface area (Å²) in [6.07, 6.45) is 1.45. The Morgan fingerprint density at radius 2 is 2.00 bits per heavy atom. The van der Waals surface area contributed by atoms with Crippen molar-refractivity contribution >= 4 is 16.6 Å². The third-order valence-electron chi connectivity index (χ3n) is 4.73. The number of fused-ring (bicyclic) bond motifs is 1. The van der Waals surface area contributed by atoms with Crippen LogP contribution >= 0.6 is 0 Å². The summed E-state index contributed by atoms with van der Waals surface area (Å²) >= 11 is 0. The van der Waals surface area contributed by atoms with E-state index in [-0.39, 0.29) is 39.5 Å². The van der Waals surface area contributed by atoms with Gasteiger partial charge in [0.2, 0.25) is 0 Å². The van der Waals surface area contributed by atoms with Crippen LogP contribution in [0, 0.1) is 17.6 Å². The van der Waals surface area contributed by atoms with Gasteiger partial charge in [0.05, 0.1) is 21.5 Å². The molecule has 0 fully saturated rings. The first-order valence-corrected chi connectivity index (χ1v) is 9.13. The standard InChI is InChI=1S/C21H15FN4O5/c1-12-4-6-14(31-11-18-16(22)3-2-8-23-18)10-19(12)25-20(27)15-7-5-13(26(29)30)9-17(15)24-21(25)28/h2-10H,11H2,1H3,(H-,24,27,28,29,30)/p+1. The number of ether oxygens (including phenoxy) is 1. The molecule has 0 atom stereocenters. The zero-order valence-corrected chi connectivity index (χ0v) is 16.2. The average molecular weight is 423 g/mol. The molecule has 2 aromatic heterocycles. The summed E-state index contributed by atoms with van der Waals surface area (Å²) in [6, 6.07) is 11.3. The summed E-state index contributed by atoms with van der Waals surface area (Å²) in [5.41, 5.74) is -0.344. The van der Waals surface area contributed by atoms with E-state index in [1.165, 1.54) is 42.6 Å². The average Bonchev–Trinajstić information content (AvgIpc) is 2.74. The summed E-state index contributed by atoms with van der Waals surface area (Å²) in [6.45, 7) is 1.59. The Morgan fingerprint density at radius 1 is 1.19 bits per heavy atom. The van der Waals surface area contributed by atoms with Crippen molar-refractivity contribution in [1.82, 2.24) is 14.5 Å². The number of H-pyrrole nitrogens is 1. The molecule has 10 heteroatoms. The van der Waals surface area contributed by atoms with Crippen LogP contribution in [-0.4, -0.2) is 24.7 Å². The second-order valence-corrected chi connectivity index (χ2v) is 6.74. The van der Waals surface area contributed by atoms with E-state index in [4.69, 9.17) is 9.94 Å². The quantitative estimate of drug-likeness (QED) is 0.477. The van der Waals surface area contributed by atoms with Gasteiger partial charge in [0.1, 0.15) is 23.9 Å². The predicted molar refractivity (Wildman–Crippen MR) is 109 cm³/mol. The molecule has 0 aliphatic rings. The number of rotatable bonds is 5. The molecule has 4 rings (SSSR count). The van der Waals surface area contributed by atoms with E-state index in [1.807, 2.05) is 0 Å². The third kappa shape index (κ3) is 3.78. The third-order valence-corrected chi connectivity index (χ3v) is 4.73. The summed E-state index contributed by atoms with van der Waals surface area (Å²) in [7, 11) is 0. The fourth-order valence-corrected chi connectivity index (χ4v) is 3.14. The molecule has 0 unspecified atom stereocenters. The molecule has 0 amide bonds. The number of nitrogens with zero attached hydrogens (tertiary/aromatic N) is 3. The number of aromatic nitrogens is 3. The van der Waals surface area contributed by atoms with Crippen molar-refractivity contribution in [3.05, 3.63) is 97.5 Å². The predicted octanol–water partition coefficient (Wildman–Crippen LogP) is 2.90. The van der Waals surface area contributed by atoms with Gasteiger partial charge in [-0.2, -0.15) is 0 Å². The minimum atomic E-state index is -0.735. The Labute approximate surface area is 173 Å². The van der Waals surface area contributed by atoms with E-state index in [0.29, 0.717) is 11.3 Å². The summed E-state index contributed by atoms with van der Waals surface area (Å²) < 4.78 is 20.3. The lowest BCUT2D eigenvalue weighted by molar-refractivity contribution is -0.729. The Hall–Kier alpha value is -4.34. The van der Waals surface area contributed by atoms with Gasteiger partial charge < -0.3 is 9.72 Å². The van der Waals surface area contributed by atoms with Crippen LogP contribution in [0.1, 0.15) is 11.3 Å². The molecule has 2 aromatic carbocycles. The smallest absolute Gasteiger partial charge is 0.333 e. The number of halogens is 1. The lowest BCUT2D eigenvalue weighted by atomic mass is 10.1. The Morgan fingerprint density at radius 3 is 2.74 bits per heavy atom. The second kappa shape index (κ2) is 7.82. The molecule has 0 aliphatic carbocycles. The highest BCUT2D eigenvalue weighted by atomic mass is 19.1. The normalized spacial score (nSPS) is 10.9. The molecule has 0 saturated carbocycles. The maximum atomic E-state index is 13.8. The molecule has 156 valence electrons. The van der Waals surface area contributed by atoms with Crippen molar-refractivity contribution in [2.45, 2.75) is 13.5 Å². The zero-order valence-electron chi connectivity index (χ0n) is 16.2. The highest BCUT2D eigenvalue weighted by Crippen LogP contribution is 2.22. The zero-order chi connectivity index (χ0) is 22.1. The van der Waals surface area contributed by atoms with Gasteiger partial charge in [-0.3, -0.25) is 9.78 Å². The Balaban J connectivity index is 1.77. The van der Waals surface area contributed by atoms with E-state index < -0.39 is 17.1 Å². The number of hydrogen-bond donors (Lipinski definition) is 2. The maximum absolute atomic E-state index is 13.8. The minimum absolute atomic E-state index is 0.106. The van der Waals surface area contributed by atoms with Crippen molar-refractivity contribution in [2.24, 2.45) is 0 Å². The number of benzene rings is 2. The number of pyridine rings is 1. The fourth-order valence-electron chi connectivity index (χ4n) is 3.14. The van der Waals surface area contributed by atoms with Crippen LogP contribution < -0.4 is 16.0 Å². The molecular weight excluding hydrogens is 407 g/mol. The van der Waals surface area contributed by atoms with E-state index >= 15 is 0 Å². The van der Waals surface area contributed by atoms with Crippen LogP contribution in [0.25, 0.3) is 16.6 Å². The lowest BCUT2D eigenvalue weighted by Crippen LogP contribution is -2.34. The van der Waals surface area contributed by atoms with E-state index in [9.17, 15) is 18.9 Å². The van der Waals surface area contributed by atoms with Gasteiger partial charge in [-0.25, -0.2) is 19.0 Å². The highest BCUT2D eigenvalue weighted by molar-refractivity contribution is 5.80. The number of aromatic amines is 1. The van der Waals surface area contributed by atoms with Crippen LogP contribution in [0.15, 0.2) is 64.3 Å². The minimum Gasteiger partial charge on any atom is -0.487 e. The van der Waals surface area contributed by atoms with Gasteiger partial charge in [0.25, 0.3) is 10.5 Å². The molecule has 0 bridgehead atoms. The largest absolute Gasteiger partial charge is 0.487 e. The van der Waals surface area contributed by atoms with Crippen molar-refractivity contribution in [3.63, 3.8) is 0 Å². The topological polar surface area (TPSA) is 117 Å². The van der Waals surface area contributed by atoms with E-state index in [0.717, 1.165) is 4.57 Å². The van der Waals surface area contributed by atoms with E-state index in [2.05, 4.69) is 9.97 Å². The molecule has 0 aliphatic heterocycles. The van der Waals surface area contributed by atoms with Crippen LogP contribution in [0.3, 0.4) is 0 Å². The van der Waals surface area contributed by atoms with Crippen LogP contribution in [0.2, 0.25) is 0 Å². The van der Waals surface area contributed by atoms with Crippen molar-refractivity contribution in [1.29, 1.82) is 0 Å². The number of nitrogens with one attached hydrogen (secondary N) is 1. The van der Waals surface area contributed by atoms with Crippen molar-refractivity contribution in [3.8, 4) is 11.4 Å². The number of aryl methyl sites for hydroxylation is 1. The molecule has 9 nitrogen and oxygen atoms in total. The molecular formula is C21H16FN4O5+. The van der Waals surface area contributed by atoms with Crippen LogP contribution in [0.4, 0.5) is 10.1 Å². The molecule has 2 heterocycles. The van der Waals surface area contributed by atoms with Crippen LogP contribution in [0.5, 0.6) is 5.75 Å². The molecule has 31 heavy (non-hydrogen) atoms. The highest BCUT2D eigenvalue weighted by Gasteiger charge is 2.17. The summed E-state index contributed by atoms with van der Waals surface area (Å²) in [4.78, 5) is 42.8. The van der Waals surface area contributed by atoms with Gasteiger partial charge in [-0.15, -0.1) is 0 Å². The number of hydrogen-bond acceptors (Lipinski definition) is 5. The first-order valence-electron chi connectivity index (χ1n) is 9.13. The van der Waals surface area contributed by atoms with Crippen molar-refractivity contribution < 1.29 is 19.3 Å². The SMILES string of the molecule is Cc1ccc(OCc2ncccc2F)cc1-n1c(=O)[nH]c2cc([N+](=O)O)ccc2c1=O. The van der Waals surface area contributed by atoms with E-state index in [1.54, 1.807) is 19.1 Å². The molecule has 0 spiro atoms. The first kappa shape index (κ1) is 20.0. The molecule has 2 N–H and O–H groups in total. The molecule has 0 radical (unpaired) electrons. The Bertz CT molecular complexity index is 1440. The van der Waals surface area contributed by atoms with Gasteiger partial charge in [0, 0.05) is 24.4 Å².